The van der Waals surface area contributed by atoms with E-state index >= 15 is 0 Å². The van der Waals surface area contributed by atoms with Crippen molar-refractivity contribution in [2.75, 3.05) is 18.0 Å². The van der Waals surface area contributed by atoms with Gasteiger partial charge in [0.1, 0.15) is 0 Å². The molecule has 1 aromatic rings. The molecule has 3 nitrogen and oxygen atoms in total. The Morgan fingerprint density at radius 1 is 1.24 bits per heavy atom. The topological polar surface area (TPSA) is 28.2 Å². The van der Waals surface area contributed by atoms with E-state index in [-0.39, 0.29) is 0 Å². The fraction of sp³-hybridized carbons (Fsp3) is 0.722. The molecule has 3 rings (SSSR count). The van der Waals surface area contributed by atoms with Crippen LogP contribution in [0, 0.1) is 5.92 Å². The summed E-state index contributed by atoms with van der Waals surface area (Å²) in [4.78, 5) is 7.10. The van der Waals surface area contributed by atoms with Crippen LogP contribution in [-0.2, 0) is 6.54 Å². The maximum absolute atomic E-state index is 4.42. The highest BCUT2D eigenvalue weighted by molar-refractivity contribution is 5.53. The largest absolute Gasteiger partial charge is 0.367 e. The van der Waals surface area contributed by atoms with Gasteiger partial charge in [0.2, 0.25) is 0 Å². The second kappa shape index (κ2) is 7.26. The van der Waals surface area contributed by atoms with Crippen LogP contribution < -0.4 is 10.2 Å². The minimum Gasteiger partial charge on any atom is -0.367 e. The molecule has 2 atom stereocenters. The van der Waals surface area contributed by atoms with Gasteiger partial charge in [0, 0.05) is 25.3 Å². The highest BCUT2D eigenvalue weighted by Gasteiger charge is 2.34. The van der Waals surface area contributed by atoms with Crippen LogP contribution >= 0.6 is 0 Å². The lowest BCUT2D eigenvalue weighted by Gasteiger charge is -2.46. The molecule has 2 fully saturated rings. The van der Waals surface area contributed by atoms with Crippen LogP contribution in [0.1, 0.15) is 57.4 Å². The second-order valence-electron chi connectivity index (χ2n) is 6.63. The molecule has 2 unspecified atom stereocenters. The smallest absolute Gasteiger partial charge is 0.0600 e. The van der Waals surface area contributed by atoms with Crippen LogP contribution in [-0.4, -0.2) is 24.1 Å². The van der Waals surface area contributed by atoms with Gasteiger partial charge in [0.05, 0.1) is 11.9 Å². The zero-order valence-electron chi connectivity index (χ0n) is 13.4. The zero-order chi connectivity index (χ0) is 14.5. The molecule has 1 aromatic heterocycles. The monoisotopic (exact) mass is 287 g/mol. The average Bonchev–Trinajstić information content (AvgIpc) is 2.55. The van der Waals surface area contributed by atoms with Crippen molar-refractivity contribution in [3.63, 3.8) is 0 Å². The molecule has 0 spiro atoms. The number of hydrogen-bond donors (Lipinski definition) is 1. The summed E-state index contributed by atoms with van der Waals surface area (Å²) < 4.78 is 0. The molecule has 1 saturated carbocycles. The third-order valence-electron chi connectivity index (χ3n) is 5.18. The molecule has 0 amide bonds. The van der Waals surface area contributed by atoms with E-state index in [0.717, 1.165) is 25.0 Å². The number of anilines is 1. The fourth-order valence-corrected chi connectivity index (χ4v) is 4.15. The van der Waals surface area contributed by atoms with Gasteiger partial charge in [-0.05, 0) is 56.2 Å². The van der Waals surface area contributed by atoms with Gasteiger partial charge in [-0.25, -0.2) is 0 Å². The summed E-state index contributed by atoms with van der Waals surface area (Å²) in [5.41, 5.74) is 2.81. The molecule has 1 N–H and O–H groups in total. The lowest BCUT2D eigenvalue weighted by atomic mass is 9.78. The number of nitrogens with zero attached hydrogens (tertiary/aromatic N) is 2. The Morgan fingerprint density at radius 3 is 3.00 bits per heavy atom. The van der Waals surface area contributed by atoms with Gasteiger partial charge < -0.3 is 10.2 Å². The Hall–Kier alpha value is -1.09. The van der Waals surface area contributed by atoms with Crippen molar-refractivity contribution in [2.45, 2.75) is 64.5 Å². The first-order chi connectivity index (χ1) is 10.4. The molecule has 1 aliphatic heterocycles. The van der Waals surface area contributed by atoms with E-state index in [1.807, 2.05) is 6.20 Å². The lowest BCUT2D eigenvalue weighted by molar-refractivity contribution is 0.243. The van der Waals surface area contributed by atoms with Gasteiger partial charge in [-0.1, -0.05) is 19.8 Å². The van der Waals surface area contributed by atoms with Crippen molar-refractivity contribution >= 4 is 5.69 Å². The molecule has 3 heteroatoms. The highest BCUT2D eigenvalue weighted by atomic mass is 15.2. The van der Waals surface area contributed by atoms with Gasteiger partial charge in [-0.3, -0.25) is 4.98 Å². The Morgan fingerprint density at radius 2 is 2.10 bits per heavy atom. The predicted molar refractivity (Wildman–Crippen MR) is 88.6 cm³/mol. The van der Waals surface area contributed by atoms with Gasteiger partial charge >= 0.3 is 0 Å². The van der Waals surface area contributed by atoms with Crippen LogP contribution in [0.25, 0.3) is 0 Å². The Labute approximate surface area is 129 Å². The molecule has 2 aliphatic rings. The van der Waals surface area contributed by atoms with Crippen LogP contribution in [0.5, 0.6) is 0 Å². The normalized spacial score (nSPS) is 25.7. The molecular weight excluding hydrogens is 258 g/mol. The minimum atomic E-state index is 0.765. The Kier molecular flexibility index (Phi) is 5.13. The van der Waals surface area contributed by atoms with Crippen LogP contribution in [0.15, 0.2) is 18.5 Å². The third-order valence-corrected chi connectivity index (χ3v) is 5.18. The summed E-state index contributed by atoms with van der Waals surface area (Å²) in [6, 6.07) is 2.96. The average molecular weight is 287 g/mol. The van der Waals surface area contributed by atoms with Crippen molar-refractivity contribution in [3.8, 4) is 0 Å². The maximum Gasteiger partial charge on any atom is 0.0600 e. The summed E-state index contributed by atoms with van der Waals surface area (Å²) in [6.07, 6.45) is 13.7. The maximum atomic E-state index is 4.42. The quantitative estimate of drug-likeness (QED) is 0.836. The van der Waals surface area contributed by atoms with E-state index in [9.17, 15) is 0 Å². The second-order valence-corrected chi connectivity index (χ2v) is 6.63. The molecular formula is C18H29N3. The van der Waals surface area contributed by atoms with E-state index in [0.29, 0.717) is 0 Å². The van der Waals surface area contributed by atoms with E-state index in [1.165, 1.54) is 62.7 Å². The first kappa shape index (κ1) is 14.8. The van der Waals surface area contributed by atoms with Crippen molar-refractivity contribution in [3.05, 3.63) is 24.0 Å². The van der Waals surface area contributed by atoms with Gasteiger partial charge in [0.15, 0.2) is 0 Å². The number of aromatic nitrogens is 1. The predicted octanol–water partition coefficient (Wildman–Crippen LogP) is 3.74. The highest BCUT2D eigenvalue weighted by Crippen LogP contribution is 2.38. The standard InChI is InChI=1S/C18H29N3/c1-2-10-19-13-16-9-11-20-14-18(16)21-12-5-7-15-6-3-4-8-17(15)21/h9,11,14-15,17,19H,2-8,10,12-13H2,1H3. The molecule has 116 valence electrons. The van der Waals surface area contributed by atoms with Crippen LogP contribution in [0.4, 0.5) is 5.69 Å². The van der Waals surface area contributed by atoms with Gasteiger partial charge in [0.25, 0.3) is 0 Å². The first-order valence-corrected chi connectivity index (χ1v) is 8.80. The SMILES string of the molecule is CCCNCc1ccncc1N1CCCC2CCCCC21. The number of piperidine rings is 1. The lowest BCUT2D eigenvalue weighted by Crippen LogP contribution is -2.47. The molecule has 1 saturated heterocycles. The zero-order valence-corrected chi connectivity index (χ0v) is 13.4. The third kappa shape index (κ3) is 3.39. The summed E-state index contributed by atoms with van der Waals surface area (Å²) in [5.74, 6) is 0.921. The number of pyridine rings is 1. The van der Waals surface area contributed by atoms with Crippen molar-refractivity contribution in [1.82, 2.24) is 10.3 Å². The number of fused-ring (bicyclic) bond motifs is 1. The van der Waals surface area contributed by atoms with Crippen LogP contribution in [0.3, 0.4) is 0 Å². The molecule has 0 bridgehead atoms. The van der Waals surface area contributed by atoms with Gasteiger partial charge in [-0.2, -0.15) is 0 Å². The molecule has 0 aromatic carbocycles. The summed E-state index contributed by atoms with van der Waals surface area (Å²) in [5, 5.41) is 3.55. The summed E-state index contributed by atoms with van der Waals surface area (Å²) in [7, 11) is 0. The van der Waals surface area contributed by atoms with Crippen molar-refractivity contribution < 1.29 is 0 Å². The Balaban J connectivity index is 1.78. The first-order valence-electron chi connectivity index (χ1n) is 8.80. The van der Waals surface area contributed by atoms with E-state index in [1.54, 1.807) is 0 Å². The van der Waals surface area contributed by atoms with Crippen molar-refractivity contribution in [1.29, 1.82) is 0 Å². The number of hydrogen-bond acceptors (Lipinski definition) is 3. The minimum absolute atomic E-state index is 0.765. The molecule has 2 heterocycles. The molecule has 1 aliphatic carbocycles. The van der Waals surface area contributed by atoms with E-state index < -0.39 is 0 Å². The summed E-state index contributed by atoms with van der Waals surface area (Å²) in [6.45, 7) is 5.50. The fourth-order valence-electron chi connectivity index (χ4n) is 4.15. The van der Waals surface area contributed by atoms with Crippen LogP contribution in [0.2, 0.25) is 0 Å². The van der Waals surface area contributed by atoms with Crippen molar-refractivity contribution in [2.24, 2.45) is 5.92 Å². The molecule has 0 radical (unpaired) electrons. The summed E-state index contributed by atoms with van der Waals surface area (Å²) >= 11 is 0. The number of nitrogens with one attached hydrogen (secondary N) is 1. The van der Waals surface area contributed by atoms with Gasteiger partial charge in [-0.15, -0.1) is 0 Å². The van der Waals surface area contributed by atoms with E-state index in [2.05, 4.69) is 34.4 Å². The van der Waals surface area contributed by atoms with E-state index in [4.69, 9.17) is 0 Å². The Bertz CT molecular complexity index is 444. The number of rotatable bonds is 5. The molecule has 21 heavy (non-hydrogen) atoms.